The number of carbonyl (C=O) groups is 1. The van der Waals surface area contributed by atoms with E-state index in [9.17, 15) is 13.2 Å². The van der Waals surface area contributed by atoms with Gasteiger partial charge in [-0.1, -0.05) is 23.5 Å². The van der Waals surface area contributed by atoms with E-state index in [2.05, 4.69) is 9.97 Å². The molecule has 10 heteroatoms. The second kappa shape index (κ2) is 9.65. The van der Waals surface area contributed by atoms with E-state index >= 15 is 0 Å². The quantitative estimate of drug-likeness (QED) is 0.368. The Balaban J connectivity index is 1.40. The molecule has 1 saturated heterocycles. The van der Waals surface area contributed by atoms with Gasteiger partial charge in [-0.05, 0) is 55.7 Å². The predicted molar refractivity (Wildman–Crippen MR) is 133 cm³/mol. The number of aromatic nitrogens is 3. The van der Waals surface area contributed by atoms with Crippen LogP contribution < -0.4 is 4.90 Å². The number of imidazole rings is 1. The lowest BCUT2D eigenvalue weighted by Crippen LogP contribution is -2.32. The first-order valence-electron chi connectivity index (χ1n) is 11.3. The van der Waals surface area contributed by atoms with Crippen molar-refractivity contribution >= 4 is 42.6 Å². The van der Waals surface area contributed by atoms with E-state index in [4.69, 9.17) is 0 Å². The van der Waals surface area contributed by atoms with Gasteiger partial charge >= 0.3 is 0 Å². The summed E-state index contributed by atoms with van der Waals surface area (Å²) in [7, 11) is -3.52. The van der Waals surface area contributed by atoms with E-state index < -0.39 is 10.0 Å². The molecule has 0 atom stereocenters. The number of benzene rings is 2. The number of aryl methyl sites for hydroxylation is 1. The second-order valence-corrected chi connectivity index (χ2v) is 11.2. The molecule has 176 valence electrons. The average Bonchev–Trinajstić information content (AvgIpc) is 3.63. The molecule has 2 aromatic heterocycles. The second-order valence-electron chi connectivity index (χ2n) is 8.21. The minimum absolute atomic E-state index is 0.199. The molecule has 1 aliphatic heterocycles. The number of amides is 1. The minimum Gasteiger partial charge on any atom is -0.337 e. The van der Waals surface area contributed by atoms with E-state index in [1.165, 1.54) is 27.8 Å². The fourth-order valence-corrected chi connectivity index (χ4v) is 6.60. The molecule has 0 radical (unpaired) electrons. The fourth-order valence-electron chi connectivity index (χ4n) is 4.09. The predicted octanol–water partition coefficient (Wildman–Crippen LogP) is 4.01. The summed E-state index contributed by atoms with van der Waals surface area (Å²) in [5.41, 5.74) is 1.28. The highest BCUT2D eigenvalue weighted by molar-refractivity contribution is 7.89. The minimum atomic E-state index is -3.52. The monoisotopic (exact) mass is 495 g/mol. The third-order valence-corrected chi connectivity index (χ3v) is 8.89. The van der Waals surface area contributed by atoms with Crippen LogP contribution >= 0.6 is 11.3 Å². The first-order chi connectivity index (χ1) is 16.5. The van der Waals surface area contributed by atoms with Crippen molar-refractivity contribution in [2.75, 3.05) is 24.5 Å². The molecule has 0 unspecified atom stereocenters. The number of fused-ring (bicyclic) bond motifs is 1. The normalized spacial score (nSPS) is 14.6. The van der Waals surface area contributed by atoms with Gasteiger partial charge in [0.15, 0.2) is 5.13 Å². The molecule has 1 fully saturated rings. The Kier molecular flexibility index (Phi) is 6.44. The SMILES string of the molecule is O=C(c1ccc(S(=O)(=O)N2CCCC2)cc1)N(CCCn1ccnc1)c1nc2ccccc2s1. The van der Waals surface area contributed by atoms with Crippen molar-refractivity contribution in [3.05, 3.63) is 72.8 Å². The van der Waals surface area contributed by atoms with Crippen LogP contribution in [0.25, 0.3) is 10.2 Å². The maximum Gasteiger partial charge on any atom is 0.260 e. The van der Waals surface area contributed by atoms with Gasteiger partial charge in [0, 0.05) is 44.1 Å². The Morgan fingerprint density at radius 3 is 2.53 bits per heavy atom. The molecule has 0 N–H and O–H groups in total. The average molecular weight is 496 g/mol. The summed E-state index contributed by atoms with van der Waals surface area (Å²) >= 11 is 1.47. The Labute approximate surface area is 202 Å². The standard InChI is InChI=1S/C24H25N5O3S2/c30-23(19-8-10-20(11-9-19)34(31,32)28-14-3-4-15-28)29(16-5-13-27-17-12-25-18-27)24-26-21-6-1-2-7-22(21)33-24/h1-2,6-12,17-18H,3-5,13-16H2. The number of hydrogen-bond acceptors (Lipinski definition) is 6. The number of rotatable bonds is 8. The maximum absolute atomic E-state index is 13.5. The summed E-state index contributed by atoms with van der Waals surface area (Å²) in [5.74, 6) is -0.199. The van der Waals surface area contributed by atoms with Crippen LogP contribution in [0.2, 0.25) is 0 Å². The lowest BCUT2D eigenvalue weighted by atomic mass is 10.2. The molecule has 0 spiro atoms. The van der Waals surface area contributed by atoms with Gasteiger partial charge in [-0.25, -0.2) is 18.4 Å². The first kappa shape index (κ1) is 22.7. The smallest absolute Gasteiger partial charge is 0.260 e. The molecule has 0 saturated carbocycles. The van der Waals surface area contributed by atoms with Gasteiger partial charge in [-0.15, -0.1) is 0 Å². The molecule has 8 nitrogen and oxygen atoms in total. The summed E-state index contributed by atoms with van der Waals surface area (Å²) in [6.45, 7) is 2.29. The molecule has 1 aliphatic rings. The molecular weight excluding hydrogens is 470 g/mol. The van der Waals surface area contributed by atoms with Crippen molar-refractivity contribution in [2.45, 2.75) is 30.7 Å². The summed E-state index contributed by atoms with van der Waals surface area (Å²) in [6.07, 6.45) is 7.86. The lowest BCUT2D eigenvalue weighted by molar-refractivity contribution is 0.0986. The Bertz CT molecular complexity index is 1340. The van der Waals surface area contributed by atoms with Crippen molar-refractivity contribution in [3.8, 4) is 0 Å². The highest BCUT2D eigenvalue weighted by atomic mass is 32.2. The van der Waals surface area contributed by atoms with Crippen LogP contribution in [0.1, 0.15) is 29.6 Å². The number of para-hydroxylation sites is 1. The Hall–Kier alpha value is -3.08. The molecule has 1 amide bonds. The summed E-state index contributed by atoms with van der Waals surface area (Å²) in [6, 6.07) is 14.1. The summed E-state index contributed by atoms with van der Waals surface area (Å²) in [4.78, 5) is 24.2. The van der Waals surface area contributed by atoms with Crippen LogP contribution in [0.15, 0.2) is 72.1 Å². The topological polar surface area (TPSA) is 88.4 Å². The van der Waals surface area contributed by atoms with Crippen molar-refractivity contribution in [1.29, 1.82) is 0 Å². The molecule has 0 aliphatic carbocycles. The van der Waals surface area contributed by atoms with Crippen LogP contribution in [0, 0.1) is 0 Å². The zero-order valence-electron chi connectivity index (χ0n) is 18.6. The maximum atomic E-state index is 13.5. The third-order valence-electron chi connectivity index (χ3n) is 5.92. The van der Waals surface area contributed by atoms with Crippen LogP contribution in [-0.2, 0) is 16.6 Å². The van der Waals surface area contributed by atoms with E-state index in [1.807, 2.05) is 35.0 Å². The molecule has 4 aromatic rings. The first-order valence-corrected chi connectivity index (χ1v) is 13.5. The van der Waals surface area contributed by atoms with Crippen molar-refractivity contribution < 1.29 is 13.2 Å². The number of hydrogen-bond donors (Lipinski definition) is 0. The number of thiazole rings is 1. The van der Waals surface area contributed by atoms with Gasteiger partial charge in [-0.2, -0.15) is 4.31 Å². The molecular formula is C24H25N5O3S2. The summed E-state index contributed by atoms with van der Waals surface area (Å²) in [5, 5.41) is 0.630. The molecule has 2 aromatic carbocycles. The van der Waals surface area contributed by atoms with Gasteiger partial charge < -0.3 is 4.57 Å². The largest absolute Gasteiger partial charge is 0.337 e. The van der Waals surface area contributed by atoms with E-state index in [0.29, 0.717) is 30.3 Å². The lowest BCUT2D eigenvalue weighted by Gasteiger charge is -2.20. The Morgan fingerprint density at radius 1 is 1.06 bits per heavy atom. The van der Waals surface area contributed by atoms with E-state index in [-0.39, 0.29) is 10.8 Å². The van der Waals surface area contributed by atoms with Gasteiger partial charge in [0.05, 0.1) is 21.4 Å². The van der Waals surface area contributed by atoms with Crippen molar-refractivity contribution in [2.24, 2.45) is 0 Å². The fraction of sp³-hybridized carbons (Fsp3) is 0.292. The molecule has 5 rings (SSSR count). The van der Waals surface area contributed by atoms with Crippen LogP contribution in [0.5, 0.6) is 0 Å². The molecule has 3 heterocycles. The summed E-state index contributed by atoms with van der Waals surface area (Å²) < 4.78 is 30.2. The van der Waals surface area contributed by atoms with Crippen LogP contribution in [0.3, 0.4) is 0 Å². The highest BCUT2D eigenvalue weighted by Crippen LogP contribution is 2.30. The van der Waals surface area contributed by atoms with Crippen molar-refractivity contribution in [3.63, 3.8) is 0 Å². The van der Waals surface area contributed by atoms with Gasteiger partial charge in [-0.3, -0.25) is 9.69 Å². The number of anilines is 1. The zero-order valence-corrected chi connectivity index (χ0v) is 20.2. The molecule has 34 heavy (non-hydrogen) atoms. The van der Waals surface area contributed by atoms with E-state index in [0.717, 1.165) is 36.0 Å². The van der Waals surface area contributed by atoms with Gasteiger partial charge in [0.1, 0.15) is 0 Å². The Morgan fingerprint density at radius 2 is 1.82 bits per heavy atom. The van der Waals surface area contributed by atoms with Crippen LogP contribution in [-0.4, -0.2) is 52.8 Å². The number of carbonyl (C=O) groups excluding carboxylic acids is 1. The third kappa shape index (κ3) is 4.61. The number of nitrogens with zero attached hydrogens (tertiary/aromatic N) is 5. The number of sulfonamides is 1. The zero-order chi connectivity index (χ0) is 23.5. The molecule has 0 bridgehead atoms. The van der Waals surface area contributed by atoms with Crippen LogP contribution in [0.4, 0.5) is 5.13 Å². The van der Waals surface area contributed by atoms with Gasteiger partial charge in [0.25, 0.3) is 5.91 Å². The highest BCUT2D eigenvalue weighted by Gasteiger charge is 2.28. The van der Waals surface area contributed by atoms with Crippen molar-refractivity contribution in [1.82, 2.24) is 18.8 Å². The van der Waals surface area contributed by atoms with E-state index in [1.54, 1.807) is 29.6 Å². The van der Waals surface area contributed by atoms with Gasteiger partial charge in [0.2, 0.25) is 10.0 Å².